The number of nitrogens with two attached hydrogens (primary N) is 2. The van der Waals surface area contributed by atoms with Crippen LogP contribution in [-0.2, 0) is 0 Å². The van der Waals surface area contributed by atoms with Gasteiger partial charge in [0.2, 0.25) is 5.88 Å². The van der Waals surface area contributed by atoms with E-state index in [1.807, 2.05) is 59.5 Å². The second-order valence-corrected chi connectivity index (χ2v) is 5.75. The molecule has 2 heterocycles. The van der Waals surface area contributed by atoms with Crippen LogP contribution in [0.3, 0.4) is 0 Å². The van der Waals surface area contributed by atoms with Gasteiger partial charge in [-0.05, 0) is 42.5 Å². The Labute approximate surface area is 145 Å². The largest absolute Gasteiger partial charge is 0.497 e. The SMILES string of the molecule is COc1ccc(N2C(c3cccc(N)c3)=Nc3occc3C2N)cc1. The molecule has 4 N–H and O–H groups in total. The van der Waals surface area contributed by atoms with Gasteiger partial charge in [-0.2, -0.15) is 4.99 Å². The lowest BCUT2D eigenvalue weighted by molar-refractivity contribution is 0.415. The number of benzene rings is 2. The Hall–Kier alpha value is -3.25. The number of fused-ring (bicyclic) bond motifs is 1. The monoisotopic (exact) mass is 334 g/mol. The first kappa shape index (κ1) is 15.3. The number of methoxy groups -OCH3 is 1. The molecule has 1 aliphatic rings. The van der Waals surface area contributed by atoms with Crippen LogP contribution < -0.4 is 21.1 Å². The molecular formula is C19H18N4O2. The van der Waals surface area contributed by atoms with Crippen LogP contribution in [-0.4, -0.2) is 12.9 Å². The van der Waals surface area contributed by atoms with E-state index in [1.54, 1.807) is 13.4 Å². The number of nitrogen functional groups attached to an aromatic ring is 1. The minimum absolute atomic E-state index is 0.420. The minimum Gasteiger partial charge on any atom is -0.497 e. The van der Waals surface area contributed by atoms with Gasteiger partial charge in [-0.15, -0.1) is 0 Å². The van der Waals surface area contributed by atoms with Gasteiger partial charge in [-0.25, -0.2) is 0 Å². The topological polar surface area (TPSA) is 90.0 Å². The molecule has 4 rings (SSSR count). The number of aliphatic imine (C=N–C) groups is 1. The van der Waals surface area contributed by atoms with Crippen molar-refractivity contribution in [1.82, 2.24) is 0 Å². The van der Waals surface area contributed by atoms with E-state index in [1.165, 1.54) is 0 Å². The maximum atomic E-state index is 6.53. The van der Waals surface area contributed by atoms with Crippen molar-refractivity contribution in [1.29, 1.82) is 0 Å². The highest BCUT2D eigenvalue weighted by Crippen LogP contribution is 2.37. The van der Waals surface area contributed by atoms with Gasteiger partial charge in [0.15, 0.2) is 0 Å². The maximum Gasteiger partial charge on any atom is 0.227 e. The molecule has 0 radical (unpaired) electrons. The van der Waals surface area contributed by atoms with Gasteiger partial charge < -0.3 is 25.5 Å². The summed E-state index contributed by atoms with van der Waals surface area (Å²) >= 11 is 0. The molecule has 3 aromatic rings. The lowest BCUT2D eigenvalue weighted by atomic mass is 10.1. The second-order valence-electron chi connectivity index (χ2n) is 5.75. The minimum atomic E-state index is -0.420. The zero-order valence-electron chi connectivity index (χ0n) is 13.7. The lowest BCUT2D eigenvalue weighted by Gasteiger charge is -2.34. The van der Waals surface area contributed by atoms with Gasteiger partial charge in [0.05, 0.1) is 18.9 Å². The van der Waals surface area contributed by atoms with Crippen LogP contribution >= 0.6 is 0 Å². The molecule has 2 aromatic carbocycles. The van der Waals surface area contributed by atoms with Crippen molar-refractivity contribution >= 4 is 23.1 Å². The van der Waals surface area contributed by atoms with Crippen molar-refractivity contribution < 1.29 is 9.15 Å². The van der Waals surface area contributed by atoms with Crippen molar-refractivity contribution in [2.24, 2.45) is 10.7 Å². The van der Waals surface area contributed by atoms with Gasteiger partial charge in [-0.3, -0.25) is 0 Å². The quantitative estimate of drug-likeness (QED) is 0.716. The zero-order chi connectivity index (χ0) is 17.4. The highest BCUT2D eigenvalue weighted by Gasteiger charge is 2.31. The molecule has 6 nitrogen and oxygen atoms in total. The smallest absolute Gasteiger partial charge is 0.227 e. The van der Waals surface area contributed by atoms with Gasteiger partial charge >= 0.3 is 0 Å². The molecule has 0 aliphatic carbocycles. The Balaban J connectivity index is 1.86. The van der Waals surface area contributed by atoms with E-state index in [9.17, 15) is 0 Å². The Kier molecular flexibility index (Phi) is 3.66. The summed E-state index contributed by atoms with van der Waals surface area (Å²) in [4.78, 5) is 6.64. The molecule has 0 spiro atoms. The van der Waals surface area contributed by atoms with Crippen LogP contribution in [0, 0.1) is 0 Å². The molecule has 0 fully saturated rings. The molecule has 1 unspecified atom stereocenters. The Bertz CT molecular complexity index is 931. The lowest BCUT2D eigenvalue weighted by Crippen LogP contribution is -2.42. The second kappa shape index (κ2) is 5.99. The van der Waals surface area contributed by atoms with Gasteiger partial charge in [0.25, 0.3) is 0 Å². The third-order valence-corrected chi connectivity index (χ3v) is 4.20. The van der Waals surface area contributed by atoms with Crippen molar-refractivity contribution in [2.75, 3.05) is 17.7 Å². The van der Waals surface area contributed by atoms with E-state index in [-0.39, 0.29) is 0 Å². The molecule has 1 aliphatic heterocycles. The van der Waals surface area contributed by atoms with Crippen LogP contribution in [0.25, 0.3) is 0 Å². The molecule has 0 bridgehead atoms. The average Bonchev–Trinajstić information content (AvgIpc) is 3.11. The van der Waals surface area contributed by atoms with Crippen LogP contribution in [0.15, 0.2) is 70.3 Å². The normalized spacial score (nSPS) is 16.3. The van der Waals surface area contributed by atoms with E-state index in [0.717, 1.165) is 22.6 Å². The number of rotatable bonds is 3. The van der Waals surface area contributed by atoms with Crippen LogP contribution in [0.2, 0.25) is 0 Å². The summed E-state index contributed by atoms with van der Waals surface area (Å²) in [7, 11) is 1.64. The number of nitrogens with zero attached hydrogens (tertiary/aromatic N) is 2. The summed E-state index contributed by atoms with van der Waals surface area (Å²) < 4.78 is 10.7. The number of anilines is 2. The summed E-state index contributed by atoms with van der Waals surface area (Å²) in [6.45, 7) is 0. The van der Waals surface area contributed by atoms with Gasteiger partial charge in [-0.1, -0.05) is 12.1 Å². The number of ether oxygens (including phenoxy) is 1. The molecule has 0 saturated carbocycles. The van der Waals surface area contributed by atoms with Gasteiger partial charge in [0.1, 0.15) is 17.8 Å². The Morgan fingerprint density at radius 1 is 1.12 bits per heavy atom. The predicted molar refractivity (Wildman–Crippen MR) is 98.2 cm³/mol. The highest BCUT2D eigenvalue weighted by molar-refractivity contribution is 6.12. The maximum absolute atomic E-state index is 6.53. The van der Waals surface area contributed by atoms with E-state index < -0.39 is 6.17 Å². The highest BCUT2D eigenvalue weighted by atomic mass is 16.5. The fourth-order valence-corrected chi connectivity index (χ4v) is 2.96. The predicted octanol–water partition coefficient (Wildman–Crippen LogP) is 3.43. The first-order chi connectivity index (χ1) is 12.2. The molecular weight excluding hydrogens is 316 g/mol. The van der Waals surface area contributed by atoms with Crippen molar-refractivity contribution in [3.05, 3.63) is 72.0 Å². The standard InChI is InChI=1S/C19H18N4O2/c1-24-15-7-5-14(6-8-15)23-17(21)16-9-10-25-19(16)22-18(23)12-3-2-4-13(20)11-12/h2-11,17H,20-21H2,1H3. The van der Waals surface area contributed by atoms with Crippen LogP contribution in [0.4, 0.5) is 17.3 Å². The molecule has 1 atom stereocenters. The van der Waals surface area contributed by atoms with Crippen molar-refractivity contribution in [3.8, 4) is 5.75 Å². The van der Waals surface area contributed by atoms with E-state index in [2.05, 4.69) is 4.99 Å². The molecule has 25 heavy (non-hydrogen) atoms. The van der Waals surface area contributed by atoms with Crippen LogP contribution in [0.1, 0.15) is 17.3 Å². The van der Waals surface area contributed by atoms with Crippen LogP contribution in [0.5, 0.6) is 5.75 Å². The Morgan fingerprint density at radius 3 is 2.64 bits per heavy atom. The zero-order valence-corrected chi connectivity index (χ0v) is 13.7. The van der Waals surface area contributed by atoms with E-state index in [4.69, 9.17) is 20.6 Å². The van der Waals surface area contributed by atoms with Crippen molar-refractivity contribution in [3.63, 3.8) is 0 Å². The van der Waals surface area contributed by atoms with E-state index in [0.29, 0.717) is 17.4 Å². The van der Waals surface area contributed by atoms with Crippen molar-refractivity contribution in [2.45, 2.75) is 6.17 Å². The third kappa shape index (κ3) is 2.62. The number of furan rings is 1. The summed E-state index contributed by atoms with van der Waals surface area (Å²) in [5.74, 6) is 1.99. The molecule has 0 amide bonds. The summed E-state index contributed by atoms with van der Waals surface area (Å²) in [5, 5.41) is 0. The Morgan fingerprint density at radius 2 is 1.92 bits per heavy atom. The summed E-state index contributed by atoms with van der Waals surface area (Å²) in [6, 6.07) is 17.1. The fourth-order valence-electron chi connectivity index (χ4n) is 2.96. The summed E-state index contributed by atoms with van der Waals surface area (Å²) in [6.07, 6.45) is 1.18. The number of hydrogen-bond acceptors (Lipinski definition) is 6. The third-order valence-electron chi connectivity index (χ3n) is 4.20. The average molecular weight is 334 g/mol. The molecule has 0 saturated heterocycles. The first-order valence-electron chi connectivity index (χ1n) is 7.88. The molecule has 126 valence electrons. The molecule has 6 heteroatoms. The number of amidine groups is 1. The van der Waals surface area contributed by atoms with Gasteiger partial charge in [0, 0.05) is 16.9 Å². The fraction of sp³-hybridized carbons (Fsp3) is 0.105. The molecule has 1 aromatic heterocycles. The number of hydrogen-bond donors (Lipinski definition) is 2. The summed E-state index contributed by atoms with van der Waals surface area (Å²) in [5.41, 5.74) is 15.7. The first-order valence-corrected chi connectivity index (χ1v) is 7.88. The van der Waals surface area contributed by atoms with E-state index >= 15 is 0 Å².